The Kier molecular flexibility index (Phi) is 3.06. The molecule has 4 heteroatoms. The maximum Gasteiger partial charge on any atom is 0.326 e. The molecule has 102 valence electrons. The summed E-state index contributed by atoms with van der Waals surface area (Å²) >= 11 is 0. The molecule has 1 heterocycles. The topological polar surface area (TPSA) is 47.0 Å². The molecule has 0 amide bonds. The summed E-state index contributed by atoms with van der Waals surface area (Å²) < 4.78 is 6.91. The molecule has 4 nitrogen and oxygen atoms in total. The van der Waals surface area contributed by atoms with Gasteiger partial charge in [-0.25, -0.2) is 4.79 Å². The summed E-state index contributed by atoms with van der Waals surface area (Å²) in [5.41, 5.74) is 3.89. The number of imidazole rings is 1. The van der Waals surface area contributed by atoms with Crippen molar-refractivity contribution in [3.05, 3.63) is 64.1 Å². The van der Waals surface area contributed by atoms with Gasteiger partial charge >= 0.3 is 5.69 Å². The van der Waals surface area contributed by atoms with Crippen molar-refractivity contribution in [2.75, 3.05) is 7.11 Å². The molecule has 2 aromatic carbocycles. The Bertz CT molecular complexity index is 797. The zero-order valence-electron chi connectivity index (χ0n) is 11.5. The minimum Gasteiger partial charge on any atom is -0.497 e. The van der Waals surface area contributed by atoms with Gasteiger partial charge in [0.1, 0.15) is 5.75 Å². The van der Waals surface area contributed by atoms with E-state index in [2.05, 4.69) is 17.1 Å². The van der Waals surface area contributed by atoms with Gasteiger partial charge in [-0.1, -0.05) is 29.8 Å². The average Bonchev–Trinajstić information content (AvgIpc) is 2.76. The number of fused-ring (bicyclic) bond motifs is 1. The Morgan fingerprint density at radius 1 is 1.15 bits per heavy atom. The fourth-order valence-corrected chi connectivity index (χ4v) is 2.30. The maximum absolute atomic E-state index is 12.1. The highest BCUT2D eigenvalue weighted by atomic mass is 16.5. The van der Waals surface area contributed by atoms with E-state index in [-0.39, 0.29) is 5.69 Å². The first kappa shape index (κ1) is 12.5. The first-order valence-corrected chi connectivity index (χ1v) is 6.49. The van der Waals surface area contributed by atoms with Gasteiger partial charge in [0.05, 0.1) is 24.7 Å². The molecule has 3 rings (SSSR count). The number of nitrogens with zero attached hydrogens (tertiary/aromatic N) is 1. The molecule has 0 aliphatic heterocycles. The quantitative estimate of drug-likeness (QED) is 0.794. The number of hydrogen-bond donors (Lipinski definition) is 1. The van der Waals surface area contributed by atoms with E-state index in [4.69, 9.17) is 4.74 Å². The molecule has 0 saturated carbocycles. The normalized spacial score (nSPS) is 10.9. The third-order valence-corrected chi connectivity index (χ3v) is 3.44. The Morgan fingerprint density at radius 3 is 2.60 bits per heavy atom. The predicted molar refractivity (Wildman–Crippen MR) is 79.4 cm³/mol. The molecule has 20 heavy (non-hydrogen) atoms. The highest BCUT2D eigenvalue weighted by molar-refractivity contribution is 5.77. The molecule has 3 aromatic rings. The highest BCUT2D eigenvalue weighted by Crippen LogP contribution is 2.18. The van der Waals surface area contributed by atoms with Gasteiger partial charge in [0.15, 0.2) is 0 Å². The Hall–Kier alpha value is -2.49. The van der Waals surface area contributed by atoms with Crippen LogP contribution in [0.5, 0.6) is 5.75 Å². The lowest BCUT2D eigenvalue weighted by atomic mass is 10.1. The van der Waals surface area contributed by atoms with Crippen LogP contribution in [0, 0.1) is 6.92 Å². The number of benzene rings is 2. The van der Waals surface area contributed by atoms with Crippen LogP contribution in [-0.2, 0) is 6.54 Å². The van der Waals surface area contributed by atoms with Crippen LogP contribution >= 0.6 is 0 Å². The Balaban J connectivity index is 2.05. The zero-order chi connectivity index (χ0) is 14.1. The van der Waals surface area contributed by atoms with Gasteiger partial charge < -0.3 is 9.72 Å². The van der Waals surface area contributed by atoms with Gasteiger partial charge in [0.25, 0.3) is 0 Å². The third-order valence-electron chi connectivity index (χ3n) is 3.44. The van der Waals surface area contributed by atoms with Gasteiger partial charge in [-0.05, 0) is 24.6 Å². The van der Waals surface area contributed by atoms with Crippen LogP contribution in [-0.4, -0.2) is 16.7 Å². The number of aromatic amines is 1. The molecule has 0 aliphatic carbocycles. The lowest BCUT2D eigenvalue weighted by Gasteiger charge is -2.05. The van der Waals surface area contributed by atoms with Crippen molar-refractivity contribution in [1.29, 1.82) is 0 Å². The minimum absolute atomic E-state index is 0.103. The maximum atomic E-state index is 12.1. The molecule has 0 aliphatic rings. The van der Waals surface area contributed by atoms with Crippen LogP contribution in [0.1, 0.15) is 11.1 Å². The molecule has 1 N–H and O–H groups in total. The largest absolute Gasteiger partial charge is 0.497 e. The number of H-pyrrole nitrogens is 1. The molecule has 0 bridgehead atoms. The van der Waals surface area contributed by atoms with Crippen LogP contribution in [0.15, 0.2) is 47.3 Å². The first-order chi connectivity index (χ1) is 9.67. The molecular formula is C16H16N2O2. The summed E-state index contributed by atoms with van der Waals surface area (Å²) in [5.74, 6) is 0.737. The van der Waals surface area contributed by atoms with Crippen molar-refractivity contribution < 1.29 is 4.74 Å². The van der Waals surface area contributed by atoms with Crippen LogP contribution in [0.25, 0.3) is 11.0 Å². The summed E-state index contributed by atoms with van der Waals surface area (Å²) in [6, 6.07) is 13.8. The van der Waals surface area contributed by atoms with Crippen molar-refractivity contribution in [2.45, 2.75) is 13.5 Å². The molecule has 0 fully saturated rings. The van der Waals surface area contributed by atoms with Crippen LogP contribution in [0.4, 0.5) is 0 Å². The fraction of sp³-hybridized carbons (Fsp3) is 0.188. The molecule has 0 radical (unpaired) electrons. The molecule has 0 unspecified atom stereocenters. The molecule has 1 aromatic heterocycles. The van der Waals surface area contributed by atoms with Gasteiger partial charge in [-0.15, -0.1) is 0 Å². The fourth-order valence-electron chi connectivity index (χ4n) is 2.30. The first-order valence-electron chi connectivity index (χ1n) is 6.49. The van der Waals surface area contributed by atoms with E-state index in [1.165, 1.54) is 5.56 Å². The number of ether oxygens (including phenoxy) is 1. The van der Waals surface area contributed by atoms with E-state index in [9.17, 15) is 4.79 Å². The van der Waals surface area contributed by atoms with E-state index in [0.717, 1.165) is 22.3 Å². The summed E-state index contributed by atoms with van der Waals surface area (Å²) in [6.07, 6.45) is 0. The average molecular weight is 268 g/mol. The molecule has 0 spiro atoms. The zero-order valence-corrected chi connectivity index (χ0v) is 11.5. The van der Waals surface area contributed by atoms with Crippen molar-refractivity contribution in [3.63, 3.8) is 0 Å². The summed E-state index contributed by atoms with van der Waals surface area (Å²) in [6.45, 7) is 2.61. The number of rotatable bonds is 3. The van der Waals surface area contributed by atoms with Crippen LogP contribution in [0.3, 0.4) is 0 Å². The Morgan fingerprint density at radius 2 is 1.90 bits per heavy atom. The second-order valence-corrected chi connectivity index (χ2v) is 4.88. The Labute approximate surface area is 116 Å². The number of aromatic nitrogens is 2. The second kappa shape index (κ2) is 4.89. The lowest BCUT2D eigenvalue weighted by molar-refractivity contribution is 0.415. The second-order valence-electron chi connectivity index (χ2n) is 4.88. The van der Waals surface area contributed by atoms with Gasteiger partial charge in [-0.2, -0.15) is 0 Å². The highest BCUT2D eigenvalue weighted by Gasteiger charge is 2.08. The lowest BCUT2D eigenvalue weighted by Crippen LogP contribution is -2.17. The smallest absolute Gasteiger partial charge is 0.326 e. The molecular weight excluding hydrogens is 252 g/mol. The number of hydrogen-bond acceptors (Lipinski definition) is 2. The predicted octanol–water partition coefficient (Wildman–Crippen LogP) is 2.69. The number of nitrogens with one attached hydrogen (secondary N) is 1. The standard InChI is InChI=1S/C16H16N2O2/c1-11-3-5-12(6-4-11)10-18-15-8-7-13(20-2)9-14(15)17-16(18)19/h3-9H,10H2,1-2H3,(H,17,19). The van der Waals surface area contributed by atoms with Crippen molar-refractivity contribution in [1.82, 2.24) is 9.55 Å². The molecule has 0 saturated heterocycles. The van der Waals surface area contributed by atoms with E-state index in [1.54, 1.807) is 11.7 Å². The van der Waals surface area contributed by atoms with Gasteiger partial charge in [-0.3, -0.25) is 4.57 Å². The van der Waals surface area contributed by atoms with E-state index >= 15 is 0 Å². The van der Waals surface area contributed by atoms with E-state index in [1.807, 2.05) is 37.3 Å². The van der Waals surface area contributed by atoms with E-state index in [0.29, 0.717) is 6.54 Å². The van der Waals surface area contributed by atoms with Crippen molar-refractivity contribution in [2.24, 2.45) is 0 Å². The van der Waals surface area contributed by atoms with Crippen molar-refractivity contribution in [3.8, 4) is 5.75 Å². The van der Waals surface area contributed by atoms with E-state index < -0.39 is 0 Å². The van der Waals surface area contributed by atoms with Crippen LogP contribution in [0.2, 0.25) is 0 Å². The van der Waals surface area contributed by atoms with Gasteiger partial charge in [0.2, 0.25) is 0 Å². The minimum atomic E-state index is -0.103. The third kappa shape index (κ3) is 2.20. The SMILES string of the molecule is COc1ccc2c(c1)[nH]c(=O)n2Cc1ccc(C)cc1. The summed E-state index contributed by atoms with van der Waals surface area (Å²) in [5, 5.41) is 0. The number of aryl methyl sites for hydroxylation is 1. The monoisotopic (exact) mass is 268 g/mol. The summed E-state index contributed by atoms with van der Waals surface area (Å²) in [7, 11) is 1.61. The number of methoxy groups -OCH3 is 1. The van der Waals surface area contributed by atoms with Gasteiger partial charge in [0, 0.05) is 6.07 Å². The summed E-state index contributed by atoms with van der Waals surface area (Å²) in [4.78, 5) is 14.9. The molecule has 0 atom stereocenters. The van der Waals surface area contributed by atoms with Crippen molar-refractivity contribution >= 4 is 11.0 Å². The van der Waals surface area contributed by atoms with Crippen LogP contribution < -0.4 is 10.4 Å².